The molecule has 0 N–H and O–H groups in total. The molecule has 0 unspecified atom stereocenters. The van der Waals surface area contributed by atoms with Crippen LogP contribution in [-0.2, 0) is 0 Å². The summed E-state index contributed by atoms with van der Waals surface area (Å²) in [5.41, 5.74) is 5.66. The molecule has 0 amide bonds. The van der Waals surface area contributed by atoms with E-state index in [1.807, 2.05) is 30.3 Å². The van der Waals surface area contributed by atoms with E-state index < -0.39 is 0 Å². The third-order valence-electron chi connectivity index (χ3n) is 5.87. The van der Waals surface area contributed by atoms with Crippen molar-refractivity contribution in [2.45, 2.75) is 38.5 Å². The Labute approximate surface area is 204 Å². The van der Waals surface area contributed by atoms with Crippen molar-refractivity contribution in [3.05, 3.63) is 96.9 Å². The molecular formula is C25H21Br2ClN2O. The van der Waals surface area contributed by atoms with Crippen LogP contribution in [0.4, 0.5) is 0 Å². The lowest BCUT2D eigenvalue weighted by Crippen LogP contribution is -2.34. The average Bonchev–Trinajstić information content (AvgIpc) is 3.19. The zero-order valence-corrected chi connectivity index (χ0v) is 21.1. The number of hydrazone groups is 1. The van der Waals surface area contributed by atoms with Gasteiger partial charge in [0.2, 0.25) is 6.23 Å². The first-order chi connectivity index (χ1) is 14.9. The number of fused-ring (bicyclic) bond motifs is 3. The quantitative estimate of drug-likeness (QED) is 0.322. The standard InChI is InChI=1S/C25H21Br2ClN2O/c1-14(2)15-3-5-17(6-4-15)25-30-23(20-11-18(26)12-21(27)24(20)31-25)13-22(29-30)16-7-9-19(28)10-8-16/h3-12,14,23,25H,13H2,1-2H3/t23-,25+/m1/s1. The average molecular weight is 561 g/mol. The maximum Gasteiger partial charge on any atom is 0.213 e. The summed E-state index contributed by atoms with van der Waals surface area (Å²) >= 11 is 13.4. The fraction of sp³-hybridized carbons (Fsp3) is 0.240. The van der Waals surface area contributed by atoms with Crippen LogP contribution in [0.15, 0.2) is 74.7 Å². The van der Waals surface area contributed by atoms with Crippen LogP contribution in [0.25, 0.3) is 0 Å². The summed E-state index contributed by atoms with van der Waals surface area (Å²) in [7, 11) is 0. The smallest absolute Gasteiger partial charge is 0.213 e. The Kier molecular flexibility index (Phi) is 5.61. The SMILES string of the molecule is CC(C)c1ccc([C@@H]2Oc3c(Br)cc(Br)cc3[C@H]3CC(c4ccc(Cl)cc4)=NN32)cc1. The molecule has 5 rings (SSSR count). The molecule has 158 valence electrons. The number of ether oxygens (including phenoxy) is 1. The van der Waals surface area contributed by atoms with E-state index in [-0.39, 0.29) is 12.3 Å². The van der Waals surface area contributed by atoms with Gasteiger partial charge in [0.1, 0.15) is 5.75 Å². The van der Waals surface area contributed by atoms with Crippen LogP contribution in [0.3, 0.4) is 0 Å². The Morgan fingerprint density at radius 1 is 1.03 bits per heavy atom. The zero-order chi connectivity index (χ0) is 21.7. The van der Waals surface area contributed by atoms with Crippen molar-refractivity contribution in [1.82, 2.24) is 5.01 Å². The van der Waals surface area contributed by atoms with E-state index in [1.165, 1.54) is 5.56 Å². The molecule has 0 spiro atoms. The van der Waals surface area contributed by atoms with E-state index in [2.05, 4.69) is 81.0 Å². The Morgan fingerprint density at radius 3 is 2.42 bits per heavy atom. The monoisotopic (exact) mass is 558 g/mol. The molecule has 2 aliphatic heterocycles. The molecule has 3 nitrogen and oxygen atoms in total. The van der Waals surface area contributed by atoms with Crippen molar-refractivity contribution in [3.8, 4) is 5.75 Å². The first-order valence-corrected chi connectivity index (χ1v) is 12.2. The summed E-state index contributed by atoms with van der Waals surface area (Å²) in [6.07, 6.45) is 0.516. The van der Waals surface area contributed by atoms with Crippen LogP contribution in [0.5, 0.6) is 5.75 Å². The number of halogens is 3. The number of hydrogen-bond acceptors (Lipinski definition) is 3. The molecule has 0 aromatic heterocycles. The van der Waals surface area contributed by atoms with Gasteiger partial charge in [-0.05, 0) is 57.2 Å². The summed E-state index contributed by atoms with van der Waals surface area (Å²) in [6, 6.07) is 20.8. The van der Waals surface area contributed by atoms with Crippen molar-refractivity contribution >= 4 is 49.2 Å². The largest absolute Gasteiger partial charge is 0.463 e. The van der Waals surface area contributed by atoms with Crippen molar-refractivity contribution in [2.75, 3.05) is 0 Å². The van der Waals surface area contributed by atoms with E-state index in [9.17, 15) is 0 Å². The summed E-state index contributed by atoms with van der Waals surface area (Å²) in [5, 5.41) is 7.87. The van der Waals surface area contributed by atoms with Gasteiger partial charge in [0.25, 0.3) is 0 Å². The first kappa shape index (κ1) is 21.0. The van der Waals surface area contributed by atoms with Gasteiger partial charge in [0.05, 0.1) is 16.2 Å². The van der Waals surface area contributed by atoms with Gasteiger partial charge in [-0.15, -0.1) is 0 Å². The number of rotatable bonds is 3. The molecule has 0 aliphatic carbocycles. The molecule has 0 fully saturated rings. The van der Waals surface area contributed by atoms with Crippen LogP contribution in [0.2, 0.25) is 5.02 Å². The molecule has 3 aromatic rings. The van der Waals surface area contributed by atoms with E-state index in [0.717, 1.165) is 48.5 Å². The Morgan fingerprint density at radius 2 is 1.74 bits per heavy atom. The lowest BCUT2D eigenvalue weighted by molar-refractivity contribution is -0.0197. The Balaban J connectivity index is 1.59. The highest BCUT2D eigenvalue weighted by atomic mass is 79.9. The fourth-order valence-electron chi connectivity index (χ4n) is 4.20. The van der Waals surface area contributed by atoms with Gasteiger partial charge in [-0.2, -0.15) is 5.10 Å². The normalized spacial score (nSPS) is 19.7. The second-order valence-electron chi connectivity index (χ2n) is 8.25. The van der Waals surface area contributed by atoms with Gasteiger partial charge in [-0.25, -0.2) is 5.01 Å². The van der Waals surface area contributed by atoms with Crippen LogP contribution >= 0.6 is 43.5 Å². The highest BCUT2D eigenvalue weighted by Crippen LogP contribution is 2.50. The molecule has 0 bridgehead atoms. The van der Waals surface area contributed by atoms with Crippen molar-refractivity contribution in [1.29, 1.82) is 0 Å². The third kappa shape index (κ3) is 3.92. The minimum absolute atomic E-state index is 0.0954. The van der Waals surface area contributed by atoms with E-state index in [4.69, 9.17) is 21.4 Å². The summed E-state index contributed by atoms with van der Waals surface area (Å²) in [6.45, 7) is 4.41. The lowest BCUT2D eigenvalue weighted by Gasteiger charge is -2.38. The molecule has 0 radical (unpaired) electrons. The maximum atomic E-state index is 6.55. The van der Waals surface area contributed by atoms with E-state index in [0.29, 0.717) is 5.92 Å². The van der Waals surface area contributed by atoms with E-state index in [1.54, 1.807) is 0 Å². The molecule has 6 heteroatoms. The number of hydrogen-bond donors (Lipinski definition) is 0. The first-order valence-electron chi connectivity index (χ1n) is 10.3. The van der Waals surface area contributed by atoms with Gasteiger partial charge in [0, 0.05) is 27.0 Å². The highest BCUT2D eigenvalue weighted by molar-refractivity contribution is 9.11. The van der Waals surface area contributed by atoms with Crippen LogP contribution in [0.1, 0.15) is 60.7 Å². The van der Waals surface area contributed by atoms with Crippen molar-refractivity contribution < 1.29 is 4.74 Å². The molecular weight excluding hydrogens is 540 g/mol. The van der Waals surface area contributed by atoms with Gasteiger partial charge >= 0.3 is 0 Å². The second-order valence-corrected chi connectivity index (χ2v) is 10.5. The minimum atomic E-state index is -0.291. The van der Waals surface area contributed by atoms with Crippen LogP contribution < -0.4 is 4.74 Å². The summed E-state index contributed by atoms with van der Waals surface area (Å²) < 4.78 is 8.51. The highest BCUT2D eigenvalue weighted by Gasteiger charge is 2.42. The number of nitrogens with zero attached hydrogens (tertiary/aromatic N) is 2. The molecule has 0 saturated carbocycles. The van der Waals surface area contributed by atoms with E-state index >= 15 is 0 Å². The Bertz CT molecular complexity index is 1160. The Hall–Kier alpha value is -1.82. The van der Waals surface area contributed by atoms with Gasteiger partial charge < -0.3 is 4.74 Å². The van der Waals surface area contributed by atoms with Crippen molar-refractivity contribution in [3.63, 3.8) is 0 Å². The number of benzene rings is 3. The van der Waals surface area contributed by atoms with Crippen LogP contribution in [0, 0.1) is 0 Å². The van der Waals surface area contributed by atoms with Gasteiger partial charge in [-0.1, -0.05) is 77.8 Å². The molecule has 0 saturated heterocycles. The molecule has 31 heavy (non-hydrogen) atoms. The second kappa shape index (κ2) is 8.27. The van der Waals surface area contributed by atoms with Crippen molar-refractivity contribution in [2.24, 2.45) is 5.10 Å². The minimum Gasteiger partial charge on any atom is -0.463 e. The van der Waals surface area contributed by atoms with Gasteiger partial charge in [-0.3, -0.25) is 0 Å². The molecule has 2 heterocycles. The van der Waals surface area contributed by atoms with Gasteiger partial charge in [0.15, 0.2) is 0 Å². The summed E-state index contributed by atoms with van der Waals surface area (Å²) in [5.74, 6) is 1.37. The molecule has 2 aliphatic rings. The topological polar surface area (TPSA) is 24.8 Å². The molecule has 2 atom stereocenters. The maximum absolute atomic E-state index is 6.55. The van der Waals surface area contributed by atoms with Crippen LogP contribution in [-0.4, -0.2) is 10.7 Å². The zero-order valence-electron chi connectivity index (χ0n) is 17.1. The predicted octanol–water partition coefficient (Wildman–Crippen LogP) is 8.23. The predicted molar refractivity (Wildman–Crippen MR) is 133 cm³/mol. The fourth-order valence-corrected chi connectivity index (χ4v) is 5.67. The summed E-state index contributed by atoms with van der Waals surface area (Å²) in [4.78, 5) is 0. The molecule has 3 aromatic carbocycles. The lowest BCUT2D eigenvalue weighted by atomic mass is 9.95. The third-order valence-corrected chi connectivity index (χ3v) is 7.17.